The number of nitro groups is 1. The van der Waals surface area contributed by atoms with Gasteiger partial charge in [-0.15, -0.1) is 0 Å². The van der Waals surface area contributed by atoms with Crippen LogP contribution in [0.2, 0.25) is 0 Å². The van der Waals surface area contributed by atoms with Crippen LogP contribution in [0.3, 0.4) is 0 Å². The second-order valence-electron chi connectivity index (χ2n) is 7.70. The molecule has 0 unspecified atom stereocenters. The summed E-state index contributed by atoms with van der Waals surface area (Å²) in [4.78, 5) is 34.3. The van der Waals surface area contributed by atoms with Crippen molar-refractivity contribution in [1.29, 1.82) is 0 Å². The van der Waals surface area contributed by atoms with Gasteiger partial charge in [0.25, 0.3) is 5.69 Å². The van der Waals surface area contributed by atoms with E-state index in [0.717, 1.165) is 5.56 Å². The first-order chi connectivity index (χ1) is 17.8. The Morgan fingerprint density at radius 3 is 2.35 bits per heavy atom. The number of anilines is 1. The molecule has 0 saturated heterocycles. The molecule has 0 heterocycles. The second-order valence-corrected chi connectivity index (χ2v) is 7.70. The molecule has 37 heavy (non-hydrogen) atoms. The number of carbonyl (C=O) groups is 2. The van der Waals surface area contributed by atoms with Gasteiger partial charge < -0.3 is 14.8 Å². The molecule has 0 bridgehead atoms. The van der Waals surface area contributed by atoms with Crippen LogP contribution in [0, 0.1) is 15.9 Å². The molecule has 3 aromatic rings. The zero-order chi connectivity index (χ0) is 26.6. The first-order valence-electron chi connectivity index (χ1n) is 11.3. The highest BCUT2D eigenvalue weighted by atomic mass is 19.1. The van der Waals surface area contributed by atoms with Crippen LogP contribution in [0.1, 0.15) is 30.9 Å². The molecule has 2 amide bonds. The fraction of sp³-hybridized carbons (Fsp3) is 0.192. The van der Waals surface area contributed by atoms with E-state index in [9.17, 15) is 24.1 Å². The predicted molar refractivity (Wildman–Crippen MR) is 135 cm³/mol. The van der Waals surface area contributed by atoms with Crippen LogP contribution in [0.15, 0.2) is 71.8 Å². The fourth-order valence-corrected chi connectivity index (χ4v) is 3.09. The summed E-state index contributed by atoms with van der Waals surface area (Å²) in [5.74, 6) is -0.284. The maximum absolute atomic E-state index is 12.9. The lowest BCUT2D eigenvalue weighted by molar-refractivity contribution is -0.384. The van der Waals surface area contributed by atoms with E-state index in [1.165, 1.54) is 42.6 Å². The second kappa shape index (κ2) is 13.3. The standard InChI is InChI=1S/C26H25FN4O6/c1-2-36-24-15-19(5-12-23(24)37-17-18-3-10-22(11-4-18)31(34)35)16-28-30-26(33)14-13-25(32)29-21-8-6-20(27)7-9-21/h3-12,15-16H,2,13-14,17H2,1H3,(H,29,32)(H,30,33). The topological polar surface area (TPSA) is 132 Å². The summed E-state index contributed by atoms with van der Waals surface area (Å²) in [7, 11) is 0. The number of non-ortho nitro benzene ring substituents is 1. The van der Waals surface area contributed by atoms with Gasteiger partial charge in [-0.1, -0.05) is 0 Å². The Morgan fingerprint density at radius 1 is 0.973 bits per heavy atom. The number of benzene rings is 3. The Bertz CT molecular complexity index is 1260. The molecule has 0 radical (unpaired) electrons. The molecule has 0 aliphatic carbocycles. The van der Waals surface area contributed by atoms with Crippen LogP contribution < -0.4 is 20.2 Å². The van der Waals surface area contributed by atoms with E-state index in [1.807, 2.05) is 6.92 Å². The van der Waals surface area contributed by atoms with Crippen LogP contribution in [0.25, 0.3) is 0 Å². The van der Waals surface area contributed by atoms with Gasteiger partial charge in [-0.25, -0.2) is 9.82 Å². The Balaban J connectivity index is 1.49. The van der Waals surface area contributed by atoms with Gasteiger partial charge in [0.2, 0.25) is 11.8 Å². The van der Waals surface area contributed by atoms with Crippen molar-refractivity contribution in [3.63, 3.8) is 0 Å². The number of hydrogen-bond acceptors (Lipinski definition) is 7. The monoisotopic (exact) mass is 508 g/mol. The van der Waals surface area contributed by atoms with Gasteiger partial charge in [-0.05, 0) is 72.6 Å². The van der Waals surface area contributed by atoms with Crippen LogP contribution in [-0.2, 0) is 16.2 Å². The minimum Gasteiger partial charge on any atom is -0.490 e. The Morgan fingerprint density at radius 2 is 1.68 bits per heavy atom. The van der Waals surface area contributed by atoms with E-state index in [2.05, 4.69) is 15.8 Å². The summed E-state index contributed by atoms with van der Waals surface area (Å²) in [5.41, 5.74) is 4.20. The summed E-state index contributed by atoms with van der Waals surface area (Å²) >= 11 is 0. The third-order valence-corrected chi connectivity index (χ3v) is 4.92. The van der Waals surface area contributed by atoms with Gasteiger partial charge in [0, 0.05) is 30.7 Å². The van der Waals surface area contributed by atoms with Crippen molar-refractivity contribution in [2.45, 2.75) is 26.4 Å². The van der Waals surface area contributed by atoms with Gasteiger partial charge in [0.15, 0.2) is 11.5 Å². The molecule has 0 aliphatic heterocycles. The highest BCUT2D eigenvalue weighted by Crippen LogP contribution is 2.29. The first-order valence-corrected chi connectivity index (χ1v) is 11.3. The van der Waals surface area contributed by atoms with Crippen LogP contribution in [0.4, 0.5) is 15.8 Å². The number of hydrazone groups is 1. The lowest BCUT2D eigenvalue weighted by Gasteiger charge is -2.12. The van der Waals surface area contributed by atoms with Gasteiger partial charge in [0.05, 0.1) is 17.7 Å². The molecule has 0 spiro atoms. The number of halogens is 1. The Kier molecular flexibility index (Phi) is 9.66. The van der Waals surface area contributed by atoms with E-state index in [4.69, 9.17) is 9.47 Å². The zero-order valence-corrected chi connectivity index (χ0v) is 20.0. The molecule has 0 aliphatic rings. The van der Waals surface area contributed by atoms with E-state index in [0.29, 0.717) is 29.4 Å². The normalized spacial score (nSPS) is 10.6. The molecular weight excluding hydrogens is 483 g/mol. The average molecular weight is 509 g/mol. The van der Waals surface area contributed by atoms with Crippen molar-refractivity contribution < 1.29 is 28.4 Å². The molecular formula is C26H25FN4O6. The molecule has 0 fully saturated rings. The van der Waals surface area contributed by atoms with Crippen molar-refractivity contribution in [3.8, 4) is 11.5 Å². The number of nitro benzene ring substituents is 1. The van der Waals surface area contributed by atoms with Crippen LogP contribution in [-0.4, -0.2) is 29.6 Å². The molecule has 192 valence electrons. The largest absolute Gasteiger partial charge is 0.490 e. The first kappa shape index (κ1) is 26.8. The summed E-state index contributed by atoms with van der Waals surface area (Å²) < 4.78 is 24.4. The average Bonchev–Trinajstić information content (AvgIpc) is 2.89. The van der Waals surface area contributed by atoms with Crippen molar-refractivity contribution in [1.82, 2.24) is 5.43 Å². The SMILES string of the molecule is CCOc1cc(C=NNC(=O)CCC(=O)Nc2ccc(F)cc2)ccc1OCc1ccc([N+](=O)[O-])cc1. The van der Waals surface area contributed by atoms with E-state index in [1.54, 1.807) is 30.3 Å². The quantitative estimate of drug-likeness (QED) is 0.209. The van der Waals surface area contributed by atoms with Crippen molar-refractivity contribution >= 4 is 29.4 Å². The van der Waals surface area contributed by atoms with Crippen molar-refractivity contribution in [2.75, 3.05) is 11.9 Å². The summed E-state index contributed by atoms with van der Waals surface area (Å²) in [6, 6.07) is 16.5. The van der Waals surface area contributed by atoms with Gasteiger partial charge >= 0.3 is 0 Å². The smallest absolute Gasteiger partial charge is 0.269 e. The van der Waals surface area contributed by atoms with Crippen molar-refractivity contribution in [2.24, 2.45) is 5.10 Å². The number of rotatable bonds is 12. The molecule has 3 aromatic carbocycles. The summed E-state index contributed by atoms with van der Waals surface area (Å²) in [6.07, 6.45) is 1.29. The van der Waals surface area contributed by atoms with Gasteiger partial charge in [-0.3, -0.25) is 19.7 Å². The van der Waals surface area contributed by atoms with Crippen molar-refractivity contribution in [3.05, 3.63) is 93.8 Å². The molecule has 3 rings (SSSR count). The fourth-order valence-electron chi connectivity index (χ4n) is 3.09. The van der Waals surface area contributed by atoms with E-state index in [-0.39, 0.29) is 31.0 Å². The maximum Gasteiger partial charge on any atom is 0.269 e. The summed E-state index contributed by atoms with van der Waals surface area (Å²) in [6.45, 7) is 2.41. The molecule has 0 aromatic heterocycles. The highest BCUT2D eigenvalue weighted by Gasteiger charge is 2.09. The van der Waals surface area contributed by atoms with Gasteiger partial charge in [0.1, 0.15) is 12.4 Å². The lowest BCUT2D eigenvalue weighted by atomic mass is 10.2. The lowest BCUT2D eigenvalue weighted by Crippen LogP contribution is -2.20. The minimum absolute atomic E-state index is 0.00255. The number of nitrogens with zero attached hydrogens (tertiary/aromatic N) is 2. The Hall–Kier alpha value is -4.80. The number of hydrogen-bond donors (Lipinski definition) is 2. The third kappa shape index (κ3) is 8.73. The maximum atomic E-state index is 12.9. The highest BCUT2D eigenvalue weighted by molar-refractivity contribution is 5.93. The minimum atomic E-state index is -0.465. The summed E-state index contributed by atoms with van der Waals surface area (Å²) in [5, 5.41) is 17.3. The Labute approximate surface area is 212 Å². The predicted octanol–water partition coefficient (Wildman–Crippen LogP) is 4.58. The number of nitrogens with one attached hydrogen (secondary N) is 2. The van der Waals surface area contributed by atoms with E-state index >= 15 is 0 Å². The number of carbonyl (C=O) groups excluding carboxylic acids is 2. The van der Waals surface area contributed by atoms with Gasteiger partial charge in [-0.2, -0.15) is 5.10 Å². The third-order valence-electron chi connectivity index (χ3n) is 4.92. The number of ether oxygens (including phenoxy) is 2. The molecule has 11 heteroatoms. The van der Waals surface area contributed by atoms with E-state index < -0.39 is 16.6 Å². The number of amides is 2. The van der Waals surface area contributed by atoms with Crippen LogP contribution in [0.5, 0.6) is 11.5 Å². The zero-order valence-electron chi connectivity index (χ0n) is 20.0. The van der Waals surface area contributed by atoms with Crippen LogP contribution >= 0.6 is 0 Å². The molecule has 0 atom stereocenters. The molecule has 2 N–H and O–H groups in total. The molecule has 0 saturated carbocycles. The molecule has 10 nitrogen and oxygen atoms in total.